The van der Waals surface area contributed by atoms with Gasteiger partial charge in [0.05, 0.1) is 4.88 Å². The zero-order valence-electron chi connectivity index (χ0n) is 9.38. The highest BCUT2D eigenvalue weighted by molar-refractivity contribution is 9.09. The maximum absolute atomic E-state index is 11.8. The lowest BCUT2D eigenvalue weighted by Gasteiger charge is -2.11. The predicted octanol–water partition coefficient (Wildman–Crippen LogP) is 3.22. The fraction of sp³-hybridized carbons (Fsp3) is 0.583. The van der Waals surface area contributed by atoms with Gasteiger partial charge in [0.25, 0.3) is 5.91 Å². The van der Waals surface area contributed by atoms with Crippen LogP contribution < -0.4 is 5.32 Å². The minimum Gasteiger partial charge on any atom is -0.351 e. The molecule has 4 heteroatoms. The van der Waals surface area contributed by atoms with Gasteiger partial charge < -0.3 is 5.32 Å². The third kappa shape index (κ3) is 2.66. The molecule has 1 N–H and O–H groups in total. The van der Waals surface area contributed by atoms with Crippen LogP contribution in [0.15, 0.2) is 12.1 Å². The zero-order valence-corrected chi connectivity index (χ0v) is 11.8. The molecule has 0 aliphatic heterocycles. The molecule has 0 unspecified atom stereocenters. The van der Waals surface area contributed by atoms with E-state index >= 15 is 0 Å². The van der Waals surface area contributed by atoms with E-state index in [1.807, 2.05) is 12.1 Å². The number of carbonyl (C=O) groups is 1. The van der Waals surface area contributed by atoms with Crippen LogP contribution in [0.2, 0.25) is 0 Å². The van der Waals surface area contributed by atoms with E-state index in [9.17, 15) is 4.79 Å². The normalized spacial score (nSPS) is 17.1. The van der Waals surface area contributed by atoms with Crippen LogP contribution in [0.5, 0.6) is 0 Å². The number of carbonyl (C=O) groups excluding carboxylic acids is 1. The quantitative estimate of drug-likeness (QED) is 0.831. The fourth-order valence-electron chi connectivity index (χ4n) is 1.58. The van der Waals surface area contributed by atoms with Gasteiger partial charge in [-0.1, -0.05) is 22.9 Å². The lowest BCUT2D eigenvalue weighted by atomic mass is 10.1. The van der Waals surface area contributed by atoms with Gasteiger partial charge in [0.15, 0.2) is 0 Å². The number of hydrogen-bond donors (Lipinski definition) is 1. The van der Waals surface area contributed by atoms with E-state index in [2.05, 4.69) is 28.2 Å². The summed E-state index contributed by atoms with van der Waals surface area (Å²) in [5, 5.41) is 4.02. The summed E-state index contributed by atoms with van der Waals surface area (Å²) in [7, 11) is 0. The van der Waals surface area contributed by atoms with Gasteiger partial charge in [-0.25, -0.2) is 0 Å². The first-order chi connectivity index (χ1) is 7.69. The second-order valence-electron chi connectivity index (χ2n) is 4.44. The summed E-state index contributed by atoms with van der Waals surface area (Å²) in [5.41, 5.74) is 0.348. The van der Waals surface area contributed by atoms with Gasteiger partial charge in [-0.05, 0) is 36.8 Å². The Morgan fingerprint density at radius 1 is 1.56 bits per heavy atom. The Kier molecular flexibility index (Phi) is 3.70. The van der Waals surface area contributed by atoms with Crippen LogP contribution in [-0.2, 0) is 6.42 Å². The van der Waals surface area contributed by atoms with E-state index in [0.29, 0.717) is 5.41 Å². The number of nitrogens with one attached hydrogen (secondary N) is 1. The van der Waals surface area contributed by atoms with E-state index in [-0.39, 0.29) is 5.91 Å². The molecule has 0 spiro atoms. The molecule has 0 radical (unpaired) electrons. The standard InChI is InChI=1S/C12H16BrNOS/c1-2-9-3-4-10(16-9)11(15)14-8-12(7-13)5-6-12/h3-4H,2,5-8H2,1H3,(H,14,15). The molecule has 1 fully saturated rings. The van der Waals surface area contributed by atoms with Gasteiger partial charge in [0.1, 0.15) is 0 Å². The maximum Gasteiger partial charge on any atom is 0.261 e. The molecule has 0 bridgehead atoms. The second kappa shape index (κ2) is 4.88. The fourth-order valence-corrected chi connectivity index (χ4v) is 3.20. The minimum atomic E-state index is 0.0805. The molecule has 2 rings (SSSR count). The Bertz CT molecular complexity index is 384. The van der Waals surface area contributed by atoms with Crippen molar-refractivity contribution < 1.29 is 4.79 Å². The highest BCUT2D eigenvalue weighted by Gasteiger charge is 2.41. The van der Waals surface area contributed by atoms with E-state index in [1.165, 1.54) is 17.7 Å². The molecule has 16 heavy (non-hydrogen) atoms. The third-order valence-electron chi connectivity index (χ3n) is 3.10. The average Bonchev–Trinajstić information content (AvgIpc) is 2.94. The Morgan fingerprint density at radius 2 is 2.31 bits per heavy atom. The summed E-state index contributed by atoms with van der Waals surface area (Å²) in [4.78, 5) is 14.0. The van der Waals surface area contributed by atoms with Crippen LogP contribution in [0.25, 0.3) is 0 Å². The number of rotatable bonds is 5. The maximum atomic E-state index is 11.8. The number of aryl methyl sites for hydroxylation is 1. The van der Waals surface area contributed by atoms with Gasteiger partial charge >= 0.3 is 0 Å². The van der Waals surface area contributed by atoms with Crippen molar-refractivity contribution in [2.45, 2.75) is 26.2 Å². The number of hydrogen-bond acceptors (Lipinski definition) is 2. The van der Waals surface area contributed by atoms with Crippen LogP contribution in [-0.4, -0.2) is 17.8 Å². The lowest BCUT2D eigenvalue weighted by molar-refractivity contribution is 0.0950. The Hall–Kier alpha value is -0.350. The lowest BCUT2D eigenvalue weighted by Crippen LogP contribution is -2.30. The van der Waals surface area contributed by atoms with Crippen LogP contribution in [0.1, 0.15) is 34.3 Å². The van der Waals surface area contributed by atoms with Crippen molar-refractivity contribution in [3.63, 3.8) is 0 Å². The van der Waals surface area contributed by atoms with E-state index in [0.717, 1.165) is 23.2 Å². The van der Waals surface area contributed by atoms with Gasteiger partial charge in [0.2, 0.25) is 0 Å². The molecule has 1 saturated carbocycles. The molecule has 2 nitrogen and oxygen atoms in total. The molecule has 88 valence electrons. The SMILES string of the molecule is CCc1ccc(C(=O)NCC2(CBr)CC2)s1. The molecular formula is C12H16BrNOS. The van der Waals surface area contributed by atoms with Crippen molar-refractivity contribution in [3.05, 3.63) is 21.9 Å². The number of alkyl halides is 1. The molecule has 1 aromatic rings. The highest BCUT2D eigenvalue weighted by atomic mass is 79.9. The second-order valence-corrected chi connectivity index (χ2v) is 6.16. The van der Waals surface area contributed by atoms with Crippen molar-refractivity contribution in [2.24, 2.45) is 5.41 Å². The number of halogens is 1. The summed E-state index contributed by atoms with van der Waals surface area (Å²) in [6, 6.07) is 3.96. The number of thiophene rings is 1. The van der Waals surface area contributed by atoms with Crippen molar-refractivity contribution >= 4 is 33.2 Å². The molecule has 1 aliphatic rings. The topological polar surface area (TPSA) is 29.1 Å². The summed E-state index contributed by atoms with van der Waals surface area (Å²) >= 11 is 5.10. The Labute approximate surface area is 109 Å². The van der Waals surface area contributed by atoms with Gasteiger partial charge in [-0.3, -0.25) is 4.79 Å². The van der Waals surface area contributed by atoms with E-state index in [4.69, 9.17) is 0 Å². The molecule has 1 amide bonds. The summed E-state index contributed by atoms with van der Waals surface area (Å²) in [6.07, 6.45) is 3.45. The van der Waals surface area contributed by atoms with Crippen molar-refractivity contribution in [3.8, 4) is 0 Å². The first-order valence-electron chi connectivity index (χ1n) is 5.62. The Balaban J connectivity index is 1.88. The highest BCUT2D eigenvalue weighted by Crippen LogP contribution is 2.46. The monoisotopic (exact) mass is 301 g/mol. The van der Waals surface area contributed by atoms with Crippen LogP contribution in [0.3, 0.4) is 0 Å². The van der Waals surface area contributed by atoms with Crippen molar-refractivity contribution in [1.29, 1.82) is 0 Å². The molecular weight excluding hydrogens is 286 g/mol. The molecule has 0 atom stereocenters. The van der Waals surface area contributed by atoms with Gasteiger partial charge in [0, 0.05) is 16.8 Å². The van der Waals surface area contributed by atoms with E-state index in [1.54, 1.807) is 11.3 Å². The van der Waals surface area contributed by atoms with Gasteiger partial charge in [-0.15, -0.1) is 11.3 Å². The predicted molar refractivity (Wildman–Crippen MR) is 71.5 cm³/mol. The zero-order chi connectivity index (χ0) is 11.6. The minimum absolute atomic E-state index is 0.0805. The van der Waals surface area contributed by atoms with Crippen LogP contribution >= 0.6 is 27.3 Å². The van der Waals surface area contributed by atoms with E-state index < -0.39 is 0 Å². The molecule has 1 aliphatic carbocycles. The summed E-state index contributed by atoms with van der Waals surface area (Å²) < 4.78 is 0. The smallest absolute Gasteiger partial charge is 0.261 e. The first kappa shape index (κ1) is 12.1. The first-order valence-corrected chi connectivity index (χ1v) is 7.56. The average molecular weight is 302 g/mol. The largest absolute Gasteiger partial charge is 0.351 e. The molecule has 1 heterocycles. The molecule has 0 aromatic carbocycles. The van der Waals surface area contributed by atoms with Crippen molar-refractivity contribution in [1.82, 2.24) is 5.32 Å². The van der Waals surface area contributed by atoms with Crippen LogP contribution in [0.4, 0.5) is 0 Å². The van der Waals surface area contributed by atoms with Crippen molar-refractivity contribution in [2.75, 3.05) is 11.9 Å². The van der Waals surface area contributed by atoms with Crippen LogP contribution in [0, 0.1) is 5.41 Å². The van der Waals surface area contributed by atoms with Gasteiger partial charge in [-0.2, -0.15) is 0 Å². The number of amides is 1. The summed E-state index contributed by atoms with van der Waals surface area (Å²) in [5.74, 6) is 0.0805. The molecule has 0 saturated heterocycles. The Morgan fingerprint density at radius 3 is 2.81 bits per heavy atom. The summed E-state index contributed by atoms with van der Waals surface area (Å²) in [6.45, 7) is 2.91. The molecule has 1 aromatic heterocycles. The third-order valence-corrected chi connectivity index (χ3v) is 5.52.